The minimum absolute atomic E-state index is 0.157. The standard InChI is InChI=1S/C20H19FN2O3/c21-14-2-4-15(5-3-14)23-20(24)12-17-16-11-19-18(25-8-1-9-26-19)10-13(16)6-7-22-17/h2-5,10-11H,1,6-9,12H2,(H,23,24). The number of amides is 1. The zero-order valence-corrected chi connectivity index (χ0v) is 14.3. The fraction of sp³-hybridized carbons (Fsp3) is 0.300. The highest BCUT2D eigenvalue weighted by molar-refractivity contribution is 6.14. The Balaban J connectivity index is 1.53. The molecular weight excluding hydrogens is 335 g/mol. The highest BCUT2D eigenvalue weighted by Gasteiger charge is 2.21. The van der Waals surface area contributed by atoms with Gasteiger partial charge >= 0.3 is 0 Å². The summed E-state index contributed by atoms with van der Waals surface area (Å²) in [6.07, 6.45) is 1.82. The van der Waals surface area contributed by atoms with E-state index >= 15 is 0 Å². The van der Waals surface area contributed by atoms with Crippen molar-refractivity contribution in [3.8, 4) is 11.5 Å². The third kappa shape index (κ3) is 3.54. The first kappa shape index (κ1) is 16.6. The number of halogens is 1. The molecule has 1 amide bonds. The van der Waals surface area contributed by atoms with E-state index in [1.54, 1.807) is 0 Å². The van der Waals surface area contributed by atoms with Gasteiger partial charge in [0.1, 0.15) is 5.82 Å². The molecule has 2 aliphatic heterocycles. The number of anilines is 1. The predicted octanol–water partition coefficient (Wildman–Crippen LogP) is 3.36. The topological polar surface area (TPSA) is 59.9 Å². The van der Waals surface area contributed by atoms with E-state index in [4.69, 9.17) is 9.47 Å². The van der Waals surface area contributed by atoms with E-state index in [0.717, 1.165) is 35.4 Å². The molecule has 0 aliphatic carbocycles. The van der Waals surface area contributed by atoms with Crippen molar-refractivity contribution in [1.29, 1.82) is 0 Å². The molecule has 0 spiro atoms. The first-order valence-corrected chi connectivity index (χ1v) is 8.71. The molecule has 0 bridgehead atoms. The molecule has 134 valence electrons. The lowest BCUT2D eigenvalue weighted by Crippen LogP contribution is -2.21. The van der Waals surface area contributed by atoms with Crippen LogP contribution in [0.15, 0.2) is 41.4 Å². The SMILES string of the molecule is O=C(CC1=NCCc2cc3c(cc21)OCCCO3)Nc1ccc(F)cc1. The van der Waals surface area contributed by atoms with Crippen LogP contribution in [0.2, 0.25) is 0 Å². The average Bonchev–Trinajstić information content (AvgIpc) is 2.87. The first-order valence-electron chi connectivity index (χ1n) is 8.71. The van der Waals surface area contributed by atoms with Gasteiger partial charge in [-0.25, -0.2) is 4.39 Å². The smallest absolute Gasteiger partial charge is 0.230 e. The second-order valence-electron chi connectivity index (χ2n) is 6.32. The second kappa shape index (κ2) is 7.15. The Labute approximate surface area is 150 Å². The number of nitrogens with zero attached hydrogens (tertiary/aromatic N) is 1. The molecule has 4 rings (SSSR count). The van der Waals surface area contributed by atoms with Crippen LogP contribution < -0.4 is 14.8 Å². The lowest BCUT2D eigenvalue weighted by molar-refractivity contribution is -0.115. The number of hydrogen-bond acceptors (Lipinski definition) is 4. The van der Waals surface area contributed by atoms with Gasteiger partial charge in [0.05, 0.1) is 25.3 Å². The zero-order chi connectivity index (χ0) is 17.9. The molecule has 0 atom stereocenters. The molecule has 26 heavy (non-hydrogen) atoms. The van der Waals surface area contributed by atoms with E-state index in [-0.39, 0.29) is 18.1 Å². The van der Waals surface area contributed by atoms with Crippen molar-refractivity contribution in [1.82, 2.24) is 0 Å². The molecule has 2 aromatic carbocycles. The molecule has 2 aliphatic rings. The Morgan fingerprint density at radius 2 is 1.85 bits per heavy atom. The quantitative estimate of drug-likeness (QED) is 0.919. The molecule has 5 nitrogen and oxygen atoms in total. The van der Waals surface area contributed by atoms with Crippen molar-refractivity contribution in [2.24, 2.45) is 4.99 Å². The molecule has 0 saturated carbocycles. The van der Waals surface area contributed by atoms with E-state index in [9.17, 15) is 9.18 Å². The fourth-order valence-corrected chi connectivity index (χ4v) is 3.16. The van der Waals surface area contributed by atoms with Gasteiger partial charge < -0.3 is 14.8 Å². The summed E-state index contributed by atoms with van der Waals surface area (Å²) in [7, 11) is 0. The summed E-state index contributed by atoms with van der Waals surface area (Å²) in [6.45, 7) is 1.90. The summed E-state index contributed by atoms with van der Waals surface area (Å²) in [5.41, 5.74) is 3.36. The summed E-state index contributed by atoms with van der Waals surface area (Å²) < 4.78 is 24.5. The van der Waals surface area contributed by atoms with Crippen LogP contribution in [0, 0.1) is 5.82 Å². The summed E-state index contributed by atoms with van der Waals surface area (Å²) >= 11 is 0. The number of fused-ring (bicyclic) bond motifs is 2. The summed E-state index contributed by atoms with van der Waals surface area (Å²) in [4.78, 5) is 16.9. The molecule has 0 aromatic heterocycles. The van der Waals surface area contributed by atoms with Crippen molar-refractivity contribution < 1.29 is 18.7 Å². The Bertz CT molecular complexity index is 862. The van der Waals surface area contributed by atoms with E-state index < -0.39 is 0 Å². The summed E-state index contributed by atoms with van der Waals surface area (Å²) in [5, 5.41) is 2.78. The van der Waals surface area contributed by atoms with Gasteiger partial charge in [-0.05, 0) is 48.4 Å². The summed E-state index contributed by atoms with van der Waals surface area (Å²) in [6, 6.07) is 9.64. The van der Waals surface area contributed by atoms with E-state index in [1.807, 2.05) is 12.1 Å². The number of ether oxygens (including phenoxy) is 2. The number of rotatable bonds is 3. The molecule has 1 N–H and O–H groups in total. The number of carbonyl (C=O) groups excluding carboxylic acids is 1. The van der Waals surface area contributed by atoms with Crippen molar-refractivity contribution in [2.45, 2.75) is 19.3 Å². The highest BCUT2D eigenvalue weighted by Crippen LogP contribution is 2.35. The molecular formula is C20H19FN2O3. The number of benzene rings is 2. The fourth-order valence-electron chi connectivity index (χ4n) is 3.16. The molecule has 6 heteroatoms. The first-order chi connectivity index (χ1) is 12.7. The Kier molecular flexibility index (Phi) is 4.56. The minimum atomic E-state index is -0.337. The van der Waals surface area contributed by atoms with Crippen LogP contribution in [0.1, 0.15) is 24.0 Å². The van der Waals surface area contributed by atoms with E-state index in [0.29, 0.717) is 31.2 Å². The van der Waals surface area contributed by atoms with Gasteiger partial charge in [-0.1, -0.05) is 0 Å². The van der Waals surface area contributed by atoms with Crippen LogP contribution in [0.3, 0.4) is 0 Å². The van der Waals surface area contributed by atoms with Crippen LogP contribution >= 0.6 is 0 Å². The van der Waals surface area contributed by atoms with Crippen molar-refractivity contribution >= 4 is 17.3 Å². The minimum Gasteiger partial charge on any atom is -0.490 e. The maximum Gasteiger partial charge on any atom is 0.230 e. The van der Waals surface area contributed by atoms with Gasteiger partial charge in [0.15, 0.2) is 11.5 Å². The Morgan fingerprint density at radius 1 is 1.12 bits per heavy atom. The largest absolute Gasteiger partial charge is 0.490 e. The third-order valence-electron chi connectivity index (χ3n) is 4.42. The molecule has 2 aromatic rings. The molecule has 0 radical (unpaired) electrons. The van der Waals surface area contributed by atoms with E-state index in [1.165, 1.54) is 24.3 Å². The van der Waals surface area contributed by atoms with Crippen LogP contribution in [0.25, 0.3) is 0 Å². The van der Waals surface area contributed by atoms with Gasteiger partial charge in [-0.15, -0.1) is 0 Å². The second-order valence-corrected chi connectivity index (χ2v) is 6.32. The molecule has 0 saturated heterocycles. The van der Waals surface area contributed by atoms with Gasteiger partial charge in [-0.2, -0.15) is 0 Å². The molecule has 2 heterocycles. The van der Waals surface area contributed by atoms with Crippen LogP contribution in [-0.4, -0.2) is 31.4 Å². The van der Waals surface area contributed by atoms with E-state index in [2.05, 4.69) is 10.3 Å². The Morgan fingerprint density at radius 3 is 2.62 bits per heavy atom. The zero-order valence-electron chi connectivity index (χ0n) is 14.3. The lowest BCUT2D eigenvalue weighted by atomic mass is 9.95. The average molecular weight is 354 g/mol. The highest BCUT2D eigenvalue weighted by atomic mass is 19.1. The number of aliphatic imine (C=N–C) groups is 1. The number of carbonyl (C=O) groups is 1. The number of nitrogens with one attached hydrogen (secondary N) is 1. The normalized spacial score (nSPS) is 15.5. The third-order valence-corrected chi connectivity index (χ3v) is 4.42. The van der Waals surface area contributed by atoms with Crippen LogP contribution in [0.5, 0.6) is 11.5 Å². The molecule has 0 unspecified atom stereocenters. The van der Waals surface area contributed by atoms with Gasteiger partial charge in [0.25, 0.3) is 0 Å². The maximum absolute atomic E-state index is 13.0. The summed E-state index contributed by atoms with van der Waals surface area (Å²) in [5.74, 6) is 0.944. The number of hydrogen-bond donors (Lipinski definition) is 1. The lowest BCUT2D eigenvalue weighted by Gasteiger charge is -2.19. The van der Waals surface area contributed by atoms with Crippen LogP contribution in [0.4, 0.5) is 10.1 Å². The van der Waals surface area contributed by atoms with Crippen molar-refractivity contribution in [3.05, 3.63) is 53.3 Å². The van der Waals surface area contributed by atoms with Gasteiger partial charge in [0, 0.05) is 24.2 Å². The van der Waals surface area contributed by atoms with Crippen molar-refractivity contribution in [2.75, 3.05) is 25.1 Å². The van der Waals surface area contributed by atoms with Gasteiger partial charge in [-0.3, -0.25) is 9.79 Å². The molecule has 0 fully saturated rings. The predicted molar refractivity (Wildman–Crippen MR) is 96.8 cm³/mol. The maximum atomic E-state index is 13.0. The monoisotopic (exact) mass is 354 g/mol. The van der Waals surface area contributed by atoms with Crippen molar-refractivity contribution in [3.63, 3.8) is 0 Å². The van der Waals surface area contributed by atoms with Gasteiger partial charge in [0.2, 0.25) is 5.91 Å². The Hall–Kier alpha value is -2.89. The van der Waals surface area contributed by atoms with Crippen LogP contribution in [-0.2, 0) is 11.2 Å².